The molecule has 2 rings (SSSR count). The maximum atomic E-state index is 11.3. The van der Waals surface area contributed by atoms with Gasteiger partial charge in [0.15, 0.2) is 11.5 Å². The monoisotopic (exact) mass is 259 g/mol. The number of nitrogens with one attached hydrogen (secondary N) is 1. The third-order valence-electron chi connectivity index (χ3n) is 2.79. The molecule has 0 heterocycles. The molecule has 2 aromatic rings. The first-order chi connectivity index (χ1) is 9.20. The number of aromatic hydroxyl groups is 1. The van der Waals surface area contributed by atoms with Crippen molar-refractivity contribution in [2.75, 3.05) is 13.2 Å². The van der Waals surface area contributed by atoms with E-state index in [1.54, 1.807) is 12.1 Å². The van der Waals surface area contributed by atoms with Gasteiger partial charge in [-0.25, -0.2) is 0 Å². The Morgan fingerprint density at radius 2 is 1.95 bits per heavy atom. The average Bonchev–Trinajstić information content (AvgIpc) is 2.39. The predicted molar refractivity (Wildman–Crippen MR) is 74.4 cm³/mol. The Bertz CT molecular complexity index is 581. The van der Waals surface area contributed by atoms with Gasteiger partial charge in [-0.2, -0.15) is 0 Å². The van der Waals surface area contributed by atoms with Gasteiger partial charge in [-0.1, -0.05) is 24.3 Å². The minimum Gasteiger partial charge on any atom is -0.504 e. The zero-order chi connectivity index (χ0) is 13.7. The number of carbonyl (C=O) groups excluding carboxylic acids is 1. The van der Waals surface area contributed by atoms with Crippen molar-refractivity contribution in [1.29, 1.82) is 0 Å². The van der Waals surface area contributed by atoms with Crippen LogP contribution in [0.2, 0.25) is 0 Å². The molecule has 4 heteroatoms. The number of benzene rings is 2. The average molecular weight is 259 g/mol. The minimum atomic E-state index is -0.0530. The number of phenols is 1. The van der Waals surface area contributed by atoms with Crippen LogP contribution in [0.5, 0.6) is 11.5 Å². The highest BCUT2D eigenvalue weighted by Gasteiger charge is 2.06. The molecule has 0 atom stereocenters. The lowest BCUT2D eigenvalue weighted by atomic mass is 10.1. The van der Waals surface area contributed by atoms with E-state index in [0.29, 0.717) is 12.3 Å². The molecule has 0 spiro atoms. The largest absolute Gasteiger partial charge is 0.504 e. The Balaban J connectivity index is 2.04. The van der Waals surface area contributed by atoms with Crippen molar-refractivity contribution in [3.8, 4) is 11.5 Å². The molecule has 4 nitrogen and oxygen atoms in total. The van der Waals surface area contributed by atoms with Gasteiger partial charge in [-0.05, 0) is 29.8 Å². The maximum Gasteiger partial charge on any atom is 0.223 e. The molecule has 0 bridgehead atoms. The van der Waals surface area contributed by atoms with Crippen LogP contribution in [0, 0.1) is 0 Å². The molecule has 1 amide bonds. The quantitative estimate of drug-likeness (QED) is 0.867. The first kappa shape index (κ1) is 13.2. The topological polar surface area (TPSA) is 58.6 Å². The number of amides is 1. The standard InChI is InChI=1S/C15H17NO3/c1-2-16-15(18)7-8-19-14-10-12-6-4-3-5-11(12)9-13(14)17/h3-6,9-10,17H,2,7-8H2,1H3,(H,16,18). The molecule has 0 saturated heterocycles. The number of hydrogen-bond acceptors (Lipinski definition) is 3. The molecule has 2 aromatic carbocycles. The van der Waals surface area contributed by atoms with Crippen LogP contribution in [-0.4, -0.2) is 24.2 Å². The highest BCUT2D eigenvalue weighted by atomic mass is 16.5. The summed E-state index contributed by atoms with van der Waals surface area (Å²) < 4.78 is 5.45. The van der Waals surface area contributed by atoms with Gasteiger partial charge in [0.25, 0.3) is 0 Å². The van der Waals surface area contributed by atoms with Crippen LogP contribution in [0.15, 0.2) is 36.4 Å². The highest BCUT2D eigenvalue weighted by molar-refractivity contribution is 5.85. The van der Waals surface area contributed by atoms with Crippen molar-refractivity contribution in [2.24, 2.45) is 0 Å². The lowest BCUT2D eigenvalue weighted by Gasteiger charge is -2.09. The van der Waals surface area contributed by atoms with Crippen LogP contribution in [0.3, 0.4) is 0 Å². The second-order valence-corrected chi connectivity index (χ2v) is 4.22. The van der Waals surface area contributed by atoms with Crippen molar-refractivity contribution in [1.82, 2.24) is 5.32 Å². The molecule has 0 radical (unpaired) electrons. The molecule has 0 unspecified atom stereocenters. The second kappa shape index (κ2) is 6.09. The Morgan fingerprint density at radius 3 is 2.63 bits per heavy atom. The Kier molecular flexibility index (Phi) is 4.23. The van der Waals surface area contributed by atoms with Crippen molar-refractivity contribution >= 4 is 16.7 Å². The van der Waals surface area contributed by atoms with Crippen molar-refractivity contribution < 1.29 is 14.6 Å². The summed E-state index contributed by atoms with van der Waals surface area (Å²) in [5, 5.41) is 14.5. The van der Waals surface area contributed by atoms with Crippen molar-refractivity contribution in [2.45, 2.75) is 13.3 Å². The van der Waals surface area contributed by atoms with Gasteiger partial charge in [0.05, 0.1) is 13.0 Å². The fourth-order valence-corrected chi connectivity index (χ4v) is 1.86. The van der Waals surface area contributed by atoms with Gasteiger partial charge in [-0.3, -0.25) is 4.79 Å². The summed E-state index contributed by atoms with van der Waals surface area (Å²) in [5.74, 6) is 0.445. The summed E-state index contributed by atoms with van der Waals surface area (Å²) in [4.78, 5) is 11.3. The molecule has 100 valence electrons. The summed E-state index contributed by atoms with van der Waals surface area (Å²) in [7, 11) is 0. The van der Waals surface area contributed by atoms with E-state index < -0.39 is 0 Å². The summed E-state index contributed by atoms with van der Waals surface area (Å²) in [6.45, 7) is 2.73. The van der Waals surface area contributed by atoms with E-state index >= 15 is 0 Å². The predicted octanol–water partition coefficient (Wildman–Crippen LogP) is 2.45. The van der Waals surface area contributed by atoms with E-state index in [2.05, 4.69) is 5.32 Å². The zero-order valence-corrected chi connectivity index (χ0v) is 10.8. The summed E-state index contributed by atoms with van der Waals surface area (Å²) >= 11 is 0. The Hall–Kier alpha value is -2.23. The lowest BCUT2D eigenvalue weighted by Crippen LogP contribution is -2.24. The van der Waals surface area contributed by atoms with Gasteiger partial charge in [0.2, 0.25) is 5.91 Å². The van der Waals surface area contributed by atoms with Crippen LogP contribution in [0.1, 0.15) is 13.3 Å². The molecule has 0 aliphatic rings. The summed E-state index contributed by atoms with van der Waals surface area (Å²) in [5.41, 5.74) is 0. The van der Waals surface area contributed by atoms with E-state index in [1.165, 1.54) is 0 Å². The van der Waals surface area contributed by atoms with Gasteiger partial charge in [0, 0.05) is 6.54 Å². The molecular formula is C15H17NO3. The molecule has 0 aliphatic heterocycles. The fraction of sp³-hybridized carbons (Fsp3) is 0.267. The molecule has 0 aliphatic carbocycles. The van der Waals surface area contributed by atoms with Crippen LogP contribution in [0.25, 0.3) is 10.8 Å². The second-order valence-electron chi connectivity index (χ2n) is 4.22. The summed E-state index contributed by atoms with van der Waals surface area (Å²) in [6, 6.07) is 11.2. The first-order valence-corrected chi connectivity index (χ1v) is 6.32. The lowest BCUT2D eigenvalue weighted by molar-refractivity contribution is -0.121. The molecule has 2 N–H and O–H groups in total. The highest BCUT2D eigenvalue weighted by Crippen LogP contribution is 2.31. The molecule has 19 heavy (non-hydrogen) atoms. The van der Waals surface area contributed by atoms with Crippen molar-refractivity contribution in [3.05, 3.63) is 36.4 Å². The molecular weight excluding hydrogens is 242 g/mol. The number of rotatable bonds is 5. The van der Waals surface area contributed by atoms with Crippen LogP contribution in [0.4, 0.5) is 0 Å². The minimum absolute atomic E-state index is 0.0530. The first-order valence-electron chi connectivity index (χ1n) is 6.32. The molecule has 0 aromatic heterocycles. The van der Waals surface area contributed by atoms with E-state index in [9.17, 15) is 9.90 Å². The fourth-order valence-electron chi connectivity index (χ4n) is 1.86. The van der Waals surface area contributed by atoms with Crippen LogP contribution in [-0.2, 0) is 4.79 Å². The van der Waals surface area contributed by atoms with Crippen molar-refractivity contribution in [3.63, 3.8) is 0 Å². The van der Waals surface area contributed by atoms with Gasteiger partial charge in [0.1, 0.15) is 0 Å². The van der Waals surface area contributed by atoms with E-state index in [0.717, 1.165) is 10.8 Å². The number of ether oxygens (including phenoxy) is 1. The SMILES string of the molecule is CCNC(=O)CCOc1cc2ccccc2cc1O. The van der Waals surface area contributed by atoms with Crippen LogP contribution >= 0.6 is 0 Å². The van der Waals surface area contributed by atoms with Gasteiger partial charge < -0.3 is 15.2 Å². The van der Waals surface area contributed by atoms with Crippen LogP contribution < -0.4 is 10.1 Å². The third kappa shape index (κ3) is 3.37. The normalized spacial score (nSPS) is 10.4. The summed E-state index contributed by atoms with van der Waals surface area (Å²) in [6.07, 6.45) is 0.278. The molecule has 0 saturated carbocycles. The Morgan fingerprint density at radius 1 is 1.26 bits per heavy atom. The third-order valence-corrected chi connectivity index (χ3v) is 2.79. The smallest absolute Gasteiger partial charge is 0.223 e. The van der Waals surface area contributed by atoms with Gasteiger partial charge in [-0.15, -0.1) is 0 Å². The zero-order valence-electron chi connectivity index (χ0n) is 10.8. The van der Waals surface area contributed by atoms with E-state index in [4.69, 9.17) is 4.74 Å². The van der Waals surface area contributed by atoms with E-state index in [-0.39, 0.29) is 24.7 Å². The number of carbonyl (C=O) groups is 1. The van der Waals surface area contributed by atoms with Gasteiger partial charge >= 0.3 is 0 Å². The molecule has 0 fully saturated rings. The number of hydrogen-bond donors (Lipinski definition) is 2. The number of phenolic OH excluding ortho intramolecular Hbond substituents is 1. The Labute approximate surface area is 112 Å². The number of fused-ring (bicyclic) bond motifs is 1. The van der Waals surface area contributed by atoms with E-state index in [1.807, 2.05) is 31.2 Å². The maximum absolute atomic E-state index is 11.3.